The van der Waals surface area contributed by atoms with Gasteiger partial charge in [-0.15, -0.1) is 6.58 Å². The minimum Gasteiger partial charge on any atom is -0.495 e. The van der Waals surface area contributed by atoms with Crippen molar-refractivity contribution in [1.29, 1.82) is 0 Å². The Labute approximate surface area is 114 Å². The Bertz CT molecular complexity index is 444. The van der Waals surface area contributed by atoms with Gasteiger partial charge in [0.15, 0.2) is 0 Å². The van der Waals surface area contributed by atoms with E-state index in [1.54, 1.807) is 7.11 Å². The molecule has 0 saturated carbocycles. The van der Waals surface area contributed by atoms with Crippen molar-refractivity contribution in [1.82, 2.24) is 0 Å². The fourth-order valence-corrected chi connectivity index (χ4v) is 1.81. The maximum atomic E-state index is 11.1. The molecule has 0 bridgehead atoms. The van der Waals surface area contributed by atoms with Gasteiger partial charge in [0.2, 0.25) is 5.91 Å². The van der Waals surface area contributed by atoms with E-state index in [2.05, 4.69) is 24.1 Å². The lowest BCUT2D eigenvalue weighted by molar-refractivity contribution is -0.114. The van der Waals surface area contributed by atoms with Crippen molar-refractivity contribution in [2.24, 2.45) is 0 Å². The molecule has 0 heterocycles. The predicted molar refractivity (Wildman–Crippen MR) is 79.8 cm³/mol. The Morgan fingerprint density at radius 2 is 2.26 bits per heavy atom. The van der Waals surface area contributed by atoms with Crippen LogP contribution in [0.25, 0.3) is 0 Å². The zero-order chi connectivity index (χ0) is 14.3. The van der Waals surface area contributed by atoms with Crippen LogP contribution in [0.3, 0.4) is 0 Å². The Morgan fingerprint density at radius 3 is 2.84 bits per heavy atom. The van der Waals surface area contributed by atoms with Gasteiger partial charge in [-0.3, -0.25) is 4.79 Å². The zero-order valence-electron chi connectivity index (χ0n) is 11.8. The number of hydrogen-bond donors (Lipinski definition) is 2. The summed E-state index contributed by atoms with van der Waals surface area (Å²) in [6.45, 7) is 7.32. The summed E-state index contributed by atoms with van der Waals surface area (Å²) in [5.41, 5.74) is 1.64. The fourth-order valence-electron chi connectivity index (χ4n) is 1.81. The lowest BCUT2D eigenvalue weighted by Crippen LogP contribution is -2.15. The molecule has 1 rings (SSSR count). The topological polar surface area (TPSA) is 50.4 Å². The third-order valence-electron chi connectivity index (χ3n) is 2.73. The van der Waals surface area contributed by atoms with E-state index >= 15 is 0 Å². The van der Waals surface area contributed by atoms with Gasteiger partial charge >= 0.3 is 0 Å². The van der Waals surface area contributed by atoms with E-state index in [9.17, 15) is 4.79 Å². The number of hydrogen-bond acceptors (Lipinski definition) is 3. The smallest absolute Gasteiger partial charge is 0.221 e. The lowest BCUT2D eigenvalue weighted by atomic mass is 10.1. The molecule has 0 radical (unpaired) electrons. The van der Waals surface area contributed by atoms with Crippen LogP contribution in [0.15, 0.2) is 30.9 Å². The number of allylic oxidation sites excluding steroid dienone is 1. The first-order valence-corrected chi connectivity index (χ1v) is 6.40. The van der Waals surface area contributed by atoms with Gasteiger partial charge in [-0.1, -0.05) is 6.08 Å². The largest absolute Gasteiger partial charge is 0.495 e. The molecular weight excluding hydrogens is 240 g/mol. The summed E-state index contributed by atoms with van der Waals surface area (Å²) in [5, 5.41) is 6.15. The molecule has 0 saturated heterocycles. The van der Waals surface area contributed by atoms with Gasteiger partial charge in [0.25, 0.3) is 0 Å². The summed E-state index contributed by atoms with van der Waals surface area (Å²) in [6.07, 6.45) is 3.86. The first-order valence-electron chi connectivity index (χ1n) is 6.40. The van der Waals surface area contributed by atoms with Gasteiger partial charge in [-0.05, 0) is 38.0 Å². The van der Waals surface area contributed by atoms with Crippen LogP contribution in [0.4, 0.5) is 11.4 Å². The molecule has 19 heavy (non-hydrogen) atoms. The van der Waals surface area contributed by atoms with E-state index in [0.29, 0.717) is 6.04 Å². The molecule has 1 amide bonds. The SMILES string of the molecule is C=CCCC(C)Nc1cc(NC(C)=O)ccc1OC. The van der Waals surface area contributed by atoms with Gasteiger partial charge in [0, 0.05) is 18.7 Å². The van der Waals surface area contributed by atoms with Gasteiger partial charge in [-0.25, -0.2) is 0 Å². The summed E-state index contributed by atoms with van der Waals surface area (Å²) >= 11 is 0. The van der Waals surface area contributed by atoms with Crippen LogP contribution in [0.1, 0.15) is 26.7 Å². The highest BCUT2D eigenvalue weighted by molar-refractivity contribution is 5.89. The number of carbonyl (C=O) groups excluding carboxylic acids is 1. The van der Waals surface area contributed by atoms with Crippen molar-refractivity contribution in [3.05, 3.63) is 30.9 Å². The quantitative estimate of drug-likeness (QED) is 0.740. The normalized spacial score (nSPS) is 11.5. The zero-order valence-corrected chi connectivity index (χ0v) is 11.8. The number of carbonyl (C=O) groups is 1. The molecule has 0 spiro atoms. The summed E-state index contributed by atoms with van der Waals surface area (Å²) < 4.78 is 5.32. The Kier molecular flexibility index (Phi) is 5.93. The first kappa shape index (κ1) is 15.1. The van der Waals surface area contributed by atoms with Gasteiger partial charge in [-0.2, -0.15) is 0 Å². The number of amides is 1. The van der Waals surface area contributed by atoms with E-state index in [1.807, 2.05) is 24.3 Å². The van der Waals surface area contributed by atoms with Crippen molar-refractivity contribution < 1.29 is 9.53 Å². The molecule has 4 nitrogen and oxygen atoms in total. The molecule has 104 valence electrons. The van der Waals surface area contributed by atoms with Crippen LogP contribution in [-0.4, -0.2) is 19.1 Å². The number of anilines is 2. The van der Waals surface area contributed by atoms with Crippen LogP contribution in [0.2, 0.25) is 0 Å². The van der Waals surface area contributed by atoms with Crippen LogP contribution in [0.5, 0.6) is 5.75 Å². The molecular formula is C15H22N2O2. The van der Waals surface area contributed by atoms with E-state index in [-0.39, 0.29) is 5.91 Å². The summed E-state index contributed by atoms with van der Waals surface area (Å²) in [7, 11) is 1.63. The highest BCUT2D eigenvalue weighted by atomic mass is 16.5. The molecule has 1 atom stereocenters. The third-order valence-corrected chi connectivity index (χ3v) is 2.73. The summed E-state index contributed by atoms with van der Waals surface area (Å²) in [4.78, 5) is 11.1. The van der Waals surface area contributed by atoms with Crippen LogP contribution < -0.4 is 15.4 Å². The van der Waals surface area contributed by atoms with Gasteiger partial charge in [0.1, 0.15) is 5.75 Å². The second-order valence-corrected chi connectivity index (χ2v) is 4.51. The number of benzene rings is 1. The molecule has 2 N–H and O–H groups in total. The number of rotatable bonds is 7. The van der Waals surface area contributed by atoms with Gasteiger partial charge in [0.05, 0.1) is 12.8 Å². The van der Waals surface area contributed by atoms with E-state index < -0.39 is 0 Å². The second kappa shape index (κ2) is 7.46. The highest BCUT2D eigenvalue weighted by Gasteiger charge is 2.08. The van der Waals surface area contributed by atoms with Crippen LogP contribution in [0, 0.1) is 0 Å². The first-order chi connectivity index (χ1) is 9.06. The second-order valence-electron chi connectivity index (χ2n) is 4.51. The minimum absolute atomic E-state index is 0.0872. The summed E-state index contributed by atoms with van der Waals surface area (Å²) in [6, 6.07) is 5.85. The Morgan fingerprint density at radius 1 is 1.53 bits per heavy atom. The molecule has 1 unspecified atom stereocenters. The molecule has 1 aromatic rings. The number of ether oxygens (including phenoxy) is 1. The predicted octanol–water partition coefficient (Wildman–Crippen LogP) is 3.42. The average Bonchev–Trinajstić information content (AvgIpc) is 2.36. The highest BCUT2D eigenvalue weighted by Crippen LogP contribution is 2.28. The van der Waals surface area contributed by atoms with Crippen molar-refractivity contribution >= 4 is 17.3 Å². The molecule has 0 aromatic heterocycles. The van der Waals surface area contributed by atoms with Crippen molar-refractivity contribution in [2.75, 3.05) is 17.7 Å². The number of methoxy groups -OCH3 is 1. The molecule has 0 fully saturated rings. The maximum Gasteiger partial charge on any atom is 0.221 e. The van der Waals surface area contributed by atoms with Crippen LogP contribution in [-0.2, 0) is 4.79 Å². The Balaban J connectivity index is 2.82. The maximum absolute atomic E-state index is 11.1. The fraction of sp³-hybridized carbons (Fsp3) is 0.400. The van der Waals surface area contributed by atoms with E-state index in [0.717, 1.165) is 30.0 Å². The van der Waals surface area contributed by atoms with Crippen molar-refractivity contribution in [3.8, 4) is 5.75 Å². The molecule has 1 aromatic carbocycles. The third kappa shape index (κ3) is 5.04. The monoisotopic (exact) mass is 262 g/mol. The van der Waals surface area contributed by atoms with E-state index in [1.165, 1.54) is 6.92 Å². The van der Waals surface area contributed by atoms with Gasteiger partial charge < -0.3 is 15.4 Å². The minimum atomic E-state index is -0.0872. The van der Waals surface area contributed by atoms with Crippen molar-refractivity contribution in [2.45, 2.75) is 32.7 Å². The molecule has 0 aliphatic rings. The number of nitrogens with one attached hydrogen (secondary N) is 2. The summed E-state index contributed by atoms with van der Waals surface area (Å²) in [5.74, 6) is 0.676. The average molecular weight is 262 g/mol. The van der Waals surface area contributed by atoms with Crippen LogP contribution >= 0.6 is 0 Å². The Hall–Kier alpha value is -1.97. The molecule has 0 aliphatic heterocycles. The van der Waals surface area contributed by atoms with E-state index in [4.69, 9.17) is 4.74 Å². The van der Waals surface area contributed by atoms with Crippen molar-refractivity contribution in [3.63, 3.8) is 0 Å². The standard InChI is InChI=1S/C15H22N2O2/c1-5-6-7-11(2)16-14-10-13(17-12(3)18)8-9-15(14)19-4/h5,8-11,16H,1,6-7H2,2-4H3,(H,17,18). The molecule has 0 aliphatic carbocycles. The molecule has 4 heteroatoms. The lowest BCUT2D eigenvalue weighted by Gasteiger charge is -2.18.